The second kappa shape index (κ2) is 8.05. The fraction of sp³-hybridized carbons (Fsp3) is 0.364. The van der Waals surface area contributed by atoms with Gasteiger partial charge in [-0.05, 0) is 77.5 Å². The maximum atomic E-state index is 13.4. The molecule has 4 rings (SSSR count). The molecule has 0 spiro atoms. The zero-order valence-electron chi connectivity index (χ0n) is 16.1. The first kappa shape index (κ1) is 19.7. The second-order valence-electron chi connectivity index (χ2n) is 7.49. The van der Waals surface area contributed by atoms with Gasteiger partial charge in [0.25, 0.3) is 0 Å². The Kier molecular flexibility index (Phi) is 5.48. The highest BCUT2D eigenvalue weighted by atomic mass is 79.9. The molecule has 6 nitrogen and oxygen atoms in total. The lowest BCUT2D eigenvalue weighted by atomic mass is 9.93. The SMILES string of the molecule is COc1ccc(Cn2c(=O)n([C@H]3CC[C@H](O)CC3)c3ccc(C#N)cc32)cc1Br. The number of rotatable bonds is 4. The highest BCUT2D eigenvalue weighted by Gasteiger charge is 2.25. The predicted octanol–water partition coefficient (Wildman–Crippen LogP) is 3.97. The van der Waals surface area contributed by atoms with E-state index in [1.165, 1.54) is 0 Å². The Morgan fingerprint density at radius 1 is 1.17 bits per heavy atom. The lowest BCUT2D eigenvalue weighted by Gasteiger charge is -2.26. The van der Waals surface area contributed by atoms with Crippen LogP contribution in [0.5, 0.6) is 5.75 Å². The Hall–Kier alpha value is -2.56. The molecule has 7 heteroatoms. The maximum absolute atomic E-state index is 13.4. The Bertz CT molecular complexity index is 1150. The summed E-state index contributed by atoms with van der Waals surface area (Å²) in [4.78, 5) is 13.4. The van der Waals surface area contributed by atoms with Crippen molar-refractivity contribution in [3.05, 3.63) is 62.5 Å². The molecule has 2 aromatic carbocycles. The number of nitriles is 1. The molecule has 0 aliphatic heterocycles. The Morgan fingerprint density at radius 2 is 1.93 bits per heavy atom. The van der Waals surface area contributed by atoms with E-state index in [1.807, 2.05) is 28.8 Å². The molecule has 1 aromatic heterocycles. The number of aliphatic hydroxyl groups excluding tert-OH is 1. The van der Waals surface area contributed by atoms with Crippen LogP contribution in [0.3, 0.4) is 0 Å². The summed E-state index contributed by atoms with van der Waals surface area (Å²) in [5.74, 6) is 0.732. The minimum absolute atomic E-state index is 0.0604. The average Bonchev–Trinajstić information content (AvgIpc) is 3.00. The van der Waals surface area contributed by atoms with Crippen molar-refractivity contribution in [3.8, 4) is 11.8 Å². The molecule has 1 aliphatic carbocycles. The molecule has 3 aromatic rings. The van der Waals surface area contributed by atoms with E-state index in [2.05, 4.69) is 22.0 Å². The van der Waals surface area contributed by atoms with E-state index in [1.54, 1.807) is 23.8 Å². The van der Waals surface area contributed by atoms with Gasteiger partial charge in [0.1, 0.15) is 5.75 Å². The van der Waals surface area contributed by atoms with Crippen LogP contribution < -0.4 is 10.4 Å². The van der Waals surface area contributed by atoms with Gasteiger partial charge in [0.05, 0.1) is 46.9 Å². The van der Waals surface area contributed by atoms with E-state index in [0.717, 1.165) is 39.7 Å². The highest BCUT2D eigenvalue weighted by molar-refractivity contribution is 9.10. The molecular weight excluding hydrogens is 434 g/mol. The van der Waals surface area contributed by atoms with E-state index < -0.39 is 0 Å². The van der Waals surface area contributed by atoms with Gasteiger partial charge in [-0.2, -0.15) is 5.26 Å². The van der Waals surface area contributed by atoms with Crippen molar-refractivity contribution in [2.24, 2.45) is 0 Å². The molecule has 1 N–H and O–H groups in total. The fourth-order valence-corrected chi connectivity index (χ4v) is 4.75. The number of nitrogens with zero attached hydrogens (tertiary/aromatic N) is 3. The van der Waals surface area contributed by atoms with Crippen molar-refractivity contribution >= 4 is 27.0 Å². The topological polar surface area (TPSA) is 80.2 Å². The van der Waals surface area contributed by atoms with Gasteiger partial charge in [-0.1, -0.05) is 6.07 Å². The second-order valence-corrected chi connectivity index (χ2v) is 8.34. The molecule has 1 aliphatic rings. The number of fused-ring (bicyclic) bond motifs is 1. The van der Waals surface area contributed by atoms with E-state index >= 15 is 0 Å². The van der Waals surface area contributed by atoms with Crippen LogP contribution in [0.25, 0.3) is 11.0 Å². The number of benzene rings is 2. The van der Waals surface area contributed by atoms with E-state index in [-0.39, 0.29) is 17.8 Å². The Morgan fingerprint density at radius 3 is 2.59 bits per heavy atom. The van der Waals surface area contributed by atoms with Crippen molar-refractivity contribution in [1.29, 1.82) is 5.26 Å². The zero-order valence-corrected chi connectivity index (χ0v) is 17.7. The van der Waals surface area contributed by atoms with Gasteiger partial charge in [-0.25, -0.2) is 4.79 Å². The standard InChI is InChI=1S/C22H22BrN3O3/c1-29-21-9-3-15(10-18(21)23)13-25-20-11-14(12-24)2-8-19(20)26(22(25)28)16-4-6-17(27)7-5-16/h2-3,8-11,16-17,27H,4-7,13H2,1H3/t16-,17-. The van der Waals surface area contributed by atoms with Crippen LogP contribution in [0.4, 0.5) is 0 Å². The first-order chi connectivity index (χ1) is 14.0. The summed E-state index contributed by atoms with van der Waals surface area (Å²) in [6.07, 6.45) is 2.66. The van der Waals surface area contributed by atoms with Crippen LogP contribution in [0, 0.1) is 11.3 Å². The van der Waals surface area contributed by atoms with Gasteiger partial charge < -0.3 is 9.84 Å². The van der Waals surface area contributed by atoms with E-state index in [0.29, 0.717) is 24.9 Å². The van der Waals surface area contributed by atoms with E-state index in [4.69, 9.17) is 4.74 Å². The van der Waals surface area contributed by atoms with Crippen LogP contribution in [-0.2, 0) is 6.54 Å². The maximum Gasteiger partial charge on any atom is 0.329 e. The smallest absolute Gasteiger partial charge is 0.329 e. The first-order valence-electron chi connectivity index (χ1n) is 9.67. The first-order valence-corrected chi connectivity index (χ1v) is 10.5. The van der Waals surface area contributed by atoms with Gasteiger partial charge in [0.15, 0.2) is 0 Å². The number of imidazole rings is 1. The molecule has 0 bridgehead atoms. The Labute approximate surface area is 177 Å². The van der Waals surface area contributed by atoms with Gasteiger partial charge in [-0.15, -0.1) is 0 Å². The third-order valence-electron chi connectivity index (χ3n) is 5.68. The third-order valence-corrected chi connectivity index (χ3v) is 6.30. The summed E-state index contributed by atoms with van der Waals surface area (Å²) < 4.78 is 9.70. The third kappa shape index (κ3) is 3.70. The minimum atomic E-state index is -0.280. The lowest BCUT2D eigenvalue weighted by Crippen LogP contribution is -2.31. The molecule has 1 fully saturated rings. The molecule has 0 atom stereocenters. The molecule has 1 heterocycles. The van der Waals surface area contributed by atoms with Crippen LogP contribution in [0.15, 0.2) is 45.7 Å². The summed E-state index contributed by atoms with van der Waals surface area (Å²) >= 11 is 3.50. The molecule has 0 radical (unpaired) electrons. The van der Waals surface area contributed by atoms with E-state index in [9.17, 15) is 15.2 Å². The van der Waals surface area contributed by atoms with Gasteiger partial charge in [-0.3, -0.25) is 9.13 Å². The molecule has 0 unspecified atom stereocenters. The normalized spacial score (nSPS) is 19.2. The molecule has 150 valence electrons. The van der Waals surface area contributed by atoms with Gasteiger partial charge in [0, 0.05) is 6.04 Å². The number of aliphatic hydroxyl groups is 1. The molecule has 1 saturated carbocycles. The largest absolute Gasteiger partial charge is 0.496 e. The zero-order chi connectivity index (χ0) is 20.5. The molecule has 0 saturated heterocycles. The number of hydrogen-bond donors (Lipinski definition) is 1. The van der Waals surface area contributed by atoms with Crippen molar-refractivity contribution < 1.29 is 9.84 Å². The summed E-state index contributed by atoms with van der Waals surface area (Å²) in [6.45, 7) is 0.398. The minimum Gasteiger partial charge on any atom is -0.496 e. The van der Waals surface area contributed by atoms with Crippen molar-refractivity contribution in [2.75, 3.05) is 7.11 Å². The van der Waals surface area contributed by atoms with Crippen LogP contribution in [0.1, 0.15) is 42.9 Å². The fourth-order valence-electron chi connectivity index (χ4n) is 4.16. The summed E-state index contributed by atoms with van der Waals surface area (Å²) in [7, 11) is 1.61. The monoisotopic (exact) mass is 455 g/mol. The molecule has 29 heavy (non-hydrogen) atoms. The molecular formula is C22H22BrN3O3. The lowest BCUT2D eigenvalue weighted by molar-refractivity contribution is 0.110. The van der Waals surface area contributed by atoms with Crippen molar-refractivity contribution in [2.45, 2.75) is 44.4 Å². The van der Waals surface area contributed by atoms with Crippen LogP contribution >= 0.6 is 15.9 Å². The Balaban J connectivity index is 1.82. The van der Waals surface area contributed by atoms with Crippen LogP contribution in [0.2, 0.25) is 0 Å². The van der Waals surface area contributed by atoms with Gasteiger partial charge >= 0.3 is 5.69 Å². The number of ether oxygens (including phenoxy) is 1. The summed E-state index contributed by atoms with van der Waals surface area (Å²) in [5, 5.41) is 19.2. The van der Waals surface area contributed by atoms with Crippen LogP contribution in [-0.4, -0.2) is 27.5 Å². The number of halogens is 1. The average molecular weight is 456 g/mol. The summed E-state index contributed by atoms with van der Waals surface area (Å²) in [5.41, 5.74) is 3.00. The van der Waals surface area contributed by atoms with Crippen molar-refractivity contribution in [1.82, 2.24) is 9.13 Å². The predicted molar refractivity (Wildman–Crippen MR) is 114 cm³/mol. The van der Waals surface area contributed by atoms with Gasteiger partial charge in [0.2, 0.25) is 0 Å². The number of methoxy groups -OCH3 is 1. The highest BCUT2D eigenvalue weighted by Crippen LogP contribution is 2.31. The quantitative estimate of drug-likeness (QED) is 0.645. The van der Waals surface area contributed by atoms with Crippen molar-refractivity contribution in [3.63, 3.8) is 0 Å². The molecule has 0 amide bonds. The number of hydrogen-bond acceptors (Lipinski definition) is 4. The summed E-state index contributed by atoms with van der Waals surface area (Å²) in [6, 6.07) is 13.4. The number of aromatic nitrogens is 2.